The van der Waals surface area contributed by atoms with Crippen LogP contribution in [-0.2, 0) is 0 Å². The van der Waals surface area contributed by atoms with Crippen molar-refractivity contribution in [1.29, 1.82) is 0 Å². The highest BCUT2D eigenvalue weighted by Gasteiger charge is 2.16. The largest absolute Gasteiger partial charge is 0.349 e. The van der Waals surface area contributed by atoms with E-state index in [0.717, 1.165) is 16.4 Å². The number of halogens is 2. The number of benzene rings is 1. The molecule has 17 heavy (non-hydrogen) atoms. The molecular weight excluding hydrogens is 349 g/mol. The lowest BCUT2D eigenvalue weighted by atomic mass is 9.95. The average molecular weight is 364 g/mol. The first-order valence-electron chi connectivity index (χ1n) is 5.93. The van der Waals surface area contributed by atoms with E-state index in [1.54, 1.807) is 12.1 Å². The SMILES string of the molecule is O=C(NC1CCCCC1)c1ccc(Cl)c(I)c1. The predicted molar refractivity (Wildman–Crippen MR) is 78.5 cm³/mol. The van der Waals surface area contributed by atoms with Crippen LogP contribution in [0.4, 0.5) is 0 Å². The van der Waals surface area contributed by atoms with Gasteiger partial charge in [0.1, 0.15) is 0 Å². The molecule has 0 atom stereocenters. The topological polar surface area (TPSA) is 29.1 Å². The molecule has 2 nitrogen and oxygen atoms in total. The standard InChI is InChI=1S/C13H15ClINO/c14-11-7-6-9(8-12(11)15)13(17)16-10-4-2-1-3-5-10/h6-8,10H,1-5H2,(H,16,17). The second-order valence-corrected chi connectivity index (χ2v) is 6.01. The van der Waals surface area contributed by atoms with Crippen LogP contribution in [0, 0.1) is 3.57 Å². The highest BCUT2D eigenvalue weighted by molar-refractivity contribution is 14.1. The zero-order valence-corrected chi connectivity index (χ0v) is 12.4. The summed E-state index contributed by atoms with van der Waals surface area (Å²) in [6.07, 6.45) is 5.96. The monoisotopic (exact) mass is 363 g/mol. The number of hydrogen-bond acceptors (Lipinski definition) is 1. The Bertz CT molecular complexity index is 416. The molecular formula is C13H15ClINO. The molecule has 1 aromatic carbocycles. The van der Waals surface area contributed by atoms with Gasteiger partial charge in [-0.2, -0.15) is 0 Å². The molecule has 1 saturated carbocycles. The van der Waals surface area contributed by atoms with Crippen LogP contribution in [0.5, 0.6) is 0 Å². The molecule has 0 aromatic heterocycles. The van der Waals surface area contributed by atoms with Gasteiger partial charge in [-0.25, -0.2) is 0 Å². The van der Waals surface area contributed by atoms with Gasteiger partial charge in [0.15, 0.2) is 0 Å². The number of nitrogens with one attached hydrogen (secondary N) is 1. The molecule has 1 amide bonds. The van der Waals surface area contributed by atoms with Crippen molar-refractivity contribution in [3.05, 3.63) is 32.4 Å². The van der Waals surface area contributed by atoms with Gasteiger partial charge in [-0.05, 0) is 53.6 Å². The van der Waals surface area contributed by atoms with E-state index in [4.69, 9.17) is 11.6 Å². The zero-order chi connectivity index (χ0) is 12.3. The fraction of sp³-hybridized carbons (Fsp3) is 0.462. The van der Waals surface area contributed by atoms with E-state index < -0.39 is 0 Å². The first kappa shape index (κ1) is 13.1. The molecule has 0 radical (unpaired) electrons. The molecule has 1 aliphatic rings. The Hall–Kier alpha value is -0.290. The van der Waals surface area contributed by atoms with Crippen LogP contribution in [0.2, 0.25) is 5.02 Å². The summed E-state index contributed by atoms with van der Waals surface area (Å²) in [6.45, 7) is 0. The van der Waals surface area contributed by atoms with Crippen molar-refractivity contribution in [2.24, 2.45) is 0 Å². The molecule has 0 aliphatic heterocycles. The van der Waals surface area contributed by atoms with E-state index in [-0.39, 0.29) is 5.91 Å². The summed E-state index contributed by atoms with van der Waals surface area (Å²) in [7, 11) is 0. The molecule has 2 rings (SSSR count). The van der Waals surface area contributed by atoms with Gasteiger partial charge in [-0.3, -0.25) is 4.79 Å². The second-order valence-electron chi connectivity index (χ2n) is 4.44. The summed E-state index contributed by atoms with van der Waals surface area (Å²) in [5, 5.41) is 3.79. The van der Waals surface area contributed by atoms with E-state index in [1.807, 2.05) is 6.07 Å². The van der Waals surface area contributed by atoms with Gasteiger partial charge >= 0.3 is 0 Å². The Morgan fingerprint density at radius 1 is 1.29 bits per heavy atom. The number of hydrogen-bond donors (Lipinski definition) is 1. The zero-order valence-electron chi connectivity index (χ0n) is 9.51. The van der Waals surface area contributed by atoms with Gasteiger partial charge in [0.2, 0.25) is 0 Å². The van der Waals surface area contributed by atoms with Crippen LogP contribution in [0.3, 0.4) is 0 Å². The van der Waals surface area contributed by atoms with Crippen molar-refractivity contribution in [1.82, 2.24) is 5.32 Å². The van der Waals surface area contributed by atoms with Crippen molar-refractivity contribution in [2.45, 2.75) is 38.1 Å². The van der Waals surface area contributed by atoms with E-state index in [1.165, 1.54) is 19.3 Å². The molecule has 0 unspecified atom stereocenters. The third-order valence-electron chi connectivity index (χ3n) is 3.12. The van der Waals surface area contributed by atoms with E-state index in [0.29, 0.717) is 16.6 Å². The summed E-state index contributed by atoms with van der Waals surface area (Å²) < 4.78 is 0.917. The minimum absolute atomic E-state index is 0.0199. The van der Waals surface area contributed by atoms with Gasteiger partial charge in [0.25, 0.3) is 5.91 Å². The van der Waals surface area contributed by atoms with E-state index in [9.17, 15) is 4.79 Å². The highest BCUT2D eigenvalue weighted by Crippen LogP contribution is 2.21. The molecule has 0 saturated heterocycles. The molecule has 1 N–H and O–H groups in total. The summed E-state index contributed by atoms with van der Waals surface area (Å²) in [5.74, 6) is 0.0199. The third-order valence-corrected chi connectivity index (χ3v) is 4.66. The molecule has 1 aromatic rings. The molecule has 0 spiro atoms. The van der Waals surface area contributed by atoms with Crippen LogP contribution >= 0.6 is 34.2 Å². The number of carbonyl (C=O) groups is 1. The Morgan fingerprint density at radius 2 is 2.00 bits per heavy atom. The summed E-state index contributed by atoms with van der Waals surface area (Å²) >= 11 is 8.08. The van der Waals surface area contributed by atoms with Gasteiger partial charge in [-0.15, -0.1) is 0 Å². The van der Waals surface area contributed by atoms with Crippen molar-refractivity contribution >= 4 is 40.1 Å². The van der Waals surface area contributed by atoms with Gasteiger partial charge < -0.3 is 5.32 Å². The maximum Gasteiger partial charge on any atom is 0.251 e. The molecule has 4 heteroatoms. The lowest BCUT2D eigenvalue weighted by molar-refractivity contribution is 0.0927. The van der Waals surface area contributed by atoms with Crippen molar-refractivity contribution in [3.8, 4) is 0 Å². The first-order chi connectivity index (χ1) is 8.16. The van der Waals surface area contributed by atoms with Gasteiger partial charge in [0.05, 0.1) is 5.02 Å². The lowest BCUT2D eigenvalue weighted by Crippen LogP contribution is -2.36. The minimum atomic E-state index is 0.0199. The maximum atomic E-state index is 12.0. The average Bonchev–Trinajstić information content (AvgIpc) is 2.34. The highest BCUT2D eigenvalue weighted by atomic mass is 127. The fourth-order valence-electron chi connectivity index (χ4n) is 2.15. The molecule has 1 aliphatic carbocycles. The normalized spacial score (nSPS) is 16.8. The van der Waals surface area contributed by atoms with Gasteiger partial charge in [-0.1, -0.05) is 30.9 Å². The minimum Gasteiger partial charge on any atom is -0.349 e. The van der Waals surface area contributed by atoms with Crippen molar-refractivity contribution in [3.63, 3.8) is 0 Å². The predicted octanol–water partition coefficient (Wildman–Crippen LogP) is 4.01. The second kappa shape index (κ2) is 6.05. The summed E-state index contributed by atoms with van der Waals surface area (Å²) in [6, 6.07) is 5.74. The Kier molecular flexibility index (Phi) is 4.68. The summed E-state index contributed by atoms with van der Waals surface area (Å²) in [4.78, 5) is 12.0. The van der Waals surface area contributed by atoms with Crippen LogP contribution in [0.1, 0.15) is 42.5 Å². The number of rotatable bonds is 2. The van der Waals surface area contributed by atoms with Crippen LogP contribution < -0.4 is 5.32 Å². The number of amides is 1. The Labute approximate surface area is 120 Å². The molecule has 0 heterocycles. The maximum absolute atomic E-state index is 12.0. The summed E-state index contributed by atoms with van der Waals surface area (Å²) in [5.41, 5.74) is 0.698. The van der Waals surface area contributed by atoms with Crippen LogP contribution in [0.25, 0.3) is 0 Å². The molecule has 0 bridgehead atoms. The fourth-order valence-corrected chi connectivity index (χ4v) is 2.79. The van der Waals surface area contributed by atoms with Gasteiger partial charge in [0, 0.05) is 15.2 Å². The lowest BCUT2D eigenvalue weighted by Gasteiger charge is -2.22. The van der Waals surface area contributed by atoms with Crippen molar-refractivity contribution < 1.29 is 4.79 Å². The Morgan fingerprint density at radius 3 is 2.65 bits per heavy atom. The molecule has 92 valence electrons. The van der Waals surface area contributed by atoms with Crippen molar-refractivity contribution in [2.75, 3.05) is 0 Å². The van der Waals surface area contributed by atoms with Crippen LogP contribution in [0.15, 0.2) is 18.2 Å². The third kappa shape index (κ3) is 3.58. The number of carbonyl (C=O) groups excluding carboxylic acids is 1. The molecule has 1 fully saturated rings. The smallest absolute Gasteiger partial charge is 0.251 e. The van der Waals surface area contributed by atoms with Crippen LogP contribution in [-0.4, -0.2) is 11.9 Å². The quantitative estimate of drug-likeness (QED) is 0.791. The van der Waals surface area contributed by atoms with E-state index in [2.05, 4.69) is 27.9 Å². The first-order valence-corrected chi connectivity index (χ1v) is 7.38. The Balaban J connectivity index is 2.01. The van der Waals surface area contributed by atoms with E-state index >= 15 is 0 Å².